The second-order valence-electron chi connectivity index (χ2n) is 6.99. The Morgan fingerprint density at radius 3 is 2.68 bits per heavy atom. The van der Waals surface area contributed by atoms with Crippen LogP contribution >= 0.6 is 11.8 Å². The van der Waals surface area contributed by atoms with Crippen LogP contribution in [0.2, 0.25) is 0 Å². The number of β-lactam (4-membered cyclic amide) rings is 1. The summed E-state index contributed by atoms with van der Waals surface area (Å²) in [5.74, 6) is -1.23. The molecule has 1 unspecified atom stereocenters. The molecule has 2 amide bonds. The molecule has 0 aromatic heterocycles. The van der Waals surface area contributed by atoms with Crippen molar-refractivity contribution in [3.63, 3.8) is 0 Å². The number of hydrogen-bond donors (Lipinski definition) is 2. The van der Waals surface area contributed by atoms with Crippen molar-refractivity contribution < 1.29 is 24.2 Å². The molecule has 1 saturated heterocycles. The zero-order valence-electron chi connectivity index (χ0n) is 15.4. The number of nitrogens with zero attached hydrogens (tertiary/aromatic N) is 1. The highest BCUT2D eigenvalue weighted by molar-refractivity contribution is 8.01. The molecule has 4 rings (SSSR count). The average molecular weight is 400 g/mol. The first-order valence-electron chi connectivity index (χ1n) is 8.93. The van der Waals surface area contributed by atoms with Gasteiger partial charge in [0.25, 0.3) is 5.91 Å². The highest BCUT2D eigenvalue weighted by atomic mass is 32.2. The third-order valence-corrected chi connectivity index (χ3v) is 6.76. The monoisotopic (exact) mass is 400 g/mol. The maximum absolute atomic E-state index is 12.7. The van der Waals surface area contributed by atoms with Gasteiger partial charge in [-0.1, -0.05) is 36.4 Å². The highest BCUT2D eigenvalue weighted by Crippen LogP contribution is 2.49. The molecule has 4 atom stereocenters. The summed E-state index contributed by atoms with van der Waals surface area (Å²) in [7, 11) is 1.26. The largest absolute Gasteiger partial charge is 0.464 e. The molecule has 2 aliphatic heterocycles. The number of carbonyl (C=O) groups excluding carboxylic acids is 3. The summed E-state index contributed by atoms with van der Waals surface area (Å²) >= 11 is 1.38. The van der Waals surface area contributed by atoms with Gasteiger partial charge in [0.2, 0.25) is 5.91 Å². The molecule has 28 heavy (non-hydrogen) atoms. The fraction of sp³-hybridized carbons (Fsp3) is 0.350. The van der Waals surface area contributed by atoms with E-state index in [0.717, 1.165) is 11.1 Å². The third-order valence-electron chi connectivity index (χ3n) is 5.19. The summed E-state index contributed by atoms with van der Waals surface area (Å²) in [6.07, 6.45) is 1.16. The van der Waals surface area contributed by atoms with Gasteiger partial charge in [-0.2, -0.15) is 0 Å². The van der Waals surface area contributed by atoms with E-state index in [1.54, 1.807) is 13.0 Å². The lowest BCUT2D eigenvalue weighted by atomic mass is 10.0. The van der Waals surface area contributed by atoms with Crippen molar-refractivity contribution in [3.05, 3.63) is 58.8 Å². The van der Waals surface area contributed by atoms with Crippen LogP contribution in [0.15, 0.2) is 53.3 Å². The van der Waals surface area contributed by atoms with Gasteiger partial charge in [-0.3, -0.25) is 14.5 Å². The number of fused-ring (bicyclic) bond motifs is 2. The van der Waals surface area contributed by atoms with Crippen LogP contribution in [0.3, 0.4) is 0 Å². The van der Waals surface area contributed by atoms with Crippen molar-refractivity contribution >= 4 is 29.5 Å². The van der Waals surface area contributed by atoms with E-state index in [9.17, 15) is 19.5 Å². The Hall–Kier alpha value is -2.58. The molecule has 0 spiro atoms. The molecular formula is C20H20N2O5S. The van der Waals surface area contributed by atoms with E-state index in [0.29, 0.717) is 5.57 Å². The average Bonchev–Trinajstić information content (AvgIpc) is 2.98. The Balaban J connectivity index is 1.55. The molecule has 7 nitrogen and oxygen atoms in total. The van der Waals surface area contributed by atoms with E-state index in [-0.39, 0.29) is 29.2 Å². The van der Waals surface area contributed by atoms with Crippen LogP contribution in [0.1, 0.15) is 12.5 Å². The zero-order valence-corrected chi connectivity index (χ0v) is 16.2. The number of hydrogen-bond acceptors (Lipinski definition) is 6. The van der Waals surface area contributed by atoms with Gasteiger partial charge in [0.1, 0.15) is 17.1 Å². The standard InChI is InChI=1S/C20H20N2O5S/c1-10-8-12-15(20(26)27-2)22-18(25)14(19(22)28-17(12)16(10)24)21-13(23)9-11-6-4-3-5-7-11/h3-8,14,16-17,19,24H,9H2,1-2H3,(H,21,23)/t14-,16?,17-,19-/m1/s1. The maximum Gasteiger partial charge on any atom is 0.355 e. The first kappa shape index (κ1) is 18.8. The number of methoxy groups -OCH3 is 1. The summed E-state index contributed by atoms with van der Waals surface area (Å²) in [6, 6.07) is 8.52. The van der Waals surface area contributed by atoms with Crippen molar-refractivity contribution in [2.45, 2.75) is 36.1 Å². The van der Waals surface area contributed by atoms with Crippen molar-refractivity contribution in [1.82, 2.24) is 10.2 Å². The number of allylic oxidation sites excluding steroid dienone is 1. The summed E-state index contributed by atoms with van der Waals surface area (Å²) in [5.41, 5.74) is 2.34. The Morgan fingerprint density at radius 1 is 1.29 bits per heavy atom. The summed E-state index contributed by atoms with van der Waals surface area (Å²) in [6.45, 7) is 1.78. The predicted octanol–water partition coefficient (Wildman–Crippen LogP) is 0.745. The second-order valence-corrected chi connectivity index (χ2v) is 8.25. The molecule has 1 aromatic carbocycles. The van der Waals surface area contributed by atoms with Gasteiger partial charge < -0.3 is 15.2 Å². The van der Waals surface area contributed by atoms with Crippen LogP contribution in [-0.2, 0) is 25.5 Å². The molecule has 0 bridgehead atoms. The number of amides is 2. The minimum Gasteiger partial charge on any atom is -0.464 e. The Kier molecular flexibility index (Phi) is 4.76. The van der Waals surface area contributed by atoms with Crippen LogP contribution < -0.4 is 5.32 Å². The van der Waals surface area contributed by atoms with E-state index in [1.807, 2.05) is 30.3 Å². The Morgan fingerprint density at radius 2 is 2.00 bits per heavy atom. The fourth-order valence-corrected chi connectivity index (χ4v) is 5.42. The zero-order chi connectivity index (χ0) is 20.0. The molecule has 1 aliphatic carbocycles. The number of benzene rings is 1. The Bertz CT molecular complexity index is 910. The summed E-state index contributed by atoms with van der Waals surface area (Å²) in [5, 5.41) is 12.4. The van der Waals surface area contributed by atoms with Gasteiger partial charge in [0.15, 0.2) is 0 Å². The van der Waals surface area contributed by atoms with Crippen molar-refractivity contribution in [1.29, 1.82) is 0 Å². The number of ether oxygens (including phenoxy) is 1. The minimum absolute atomic E-state index is 0.158. The van der Waals surface area contributed by atoms with E-state index in [1.165, 1.54) is 23.8 Å². The lowest BCUT2D eigenvalue weighted by Gasteiger charge is -2.51. The third kappa shape index (κ3) is 2.93. The smallest absolute Gasteiger partial charge is 0.355 e. The molecular weight excluding hydrogens is 380 g/mol. The van der Waals surface area contributed by atoms with Gasteiger partial charge in [0, 0.05) is 0 Å². The SMILES string of the molecule is COC(=O)C1=C2C=C(C)C(O)[C@@H]2S[C@@H]2[C@H](NC(=O)Cc3ccccc3)C(=O)N12. The molecule has 1 fully saturated rings. The van der Waals surface area contributed by atoms with E-state index in [4.69, 9.17) is 4.74 Å². The number of rotatable bonds is 4. The van der Waals surface area contributed by atoms with Gasteiger partial charge in [-0.15, -0.1) is 11.8 Å². The van der Waals surface area contributed by atoms with Crippen molar-refractivity contribution in [2.75, 3.05) is 7.11 Å². The first-order valence-corrected chi connectivity index (χ1v) is 9.87. The van der Waals surface area contributed by atoms with Gasteiger partial charge in [0.05, 0.1) is 24.9 Å². The van der Waals surface area contributed by atoms with Crippen LogP contribution in [-0.4, -0.2) is 57.7 Å². The molecule has 3 aliphatic rings. The lowest BCUT2D eigenvalue weighted by molar-refractivity contribution is -0.151. The number of esters is 1. The minimum atomic E-state index is -0.740. The number of aliphatic hydroxyl groups is 1. The number of nitrogens with one attached hydrogen (secondary N) is 1. The normalized spacial score (nSPS) is 28.2. The van der Waals surface area contributed by atoms with Gasteiger partial charge in [-0.25, -0.2) is 4.79 Å². The van der Waals surface area contributed by atoms with Crippen molar-refractivity contribution in [3.8, 4) is 0 Å². The van der Waals surface area contributed by atoms with Gasteiger partial charge in [-0.05, 0) is 23.6 Å². The van der Waals surface area contributed by atoms with Crippen LogP contribution in [0.5, 0.6) is 0 Å². The van der Waals surface area contributed by atoms with Crippen LogP contribution in [0, 0.1) is 0 Å². The summed E-state index contributed by atoms with van der Waals surface area (Å²) < 4.78 is 4.87. The molecule has 0 radical (unpaired) electrons. The van der Waals surface area contributed by atoms with E-state index < -0.39 is 23.5 Å². The molecule has 0 saturated carbocycles. The fourth-order valence-electron chi connectivity index (χ4n) is 3.75. The molecule has 146 valence electrons. The molecule has 1 aromatic rings. The second kappa shape index (κ2) is 7.10. The molecule has 2 heterocycles. The predicted molar refractivity (Wildman–Crippen MR) is 103 cm³/mol. The number of aliphatic hydroxyl groups excluding tert-OH is 1. The highest BCUT2D eigenvalue weighted by Gasteiger charge is 2.58. The maximum atomic E-state index is 12.7. The Labute approximate surface area is 166 Å². The quantitative estimate of drug-likeness (QED) is 0.572. The van der Waals surface area contributed by atoms with Crippen molar-refractivity contribution in [2.24, 2.45) is 0 Å². The molecule has 8 heteroatoms. The van der Waals surface area contributed by atoms with Crippen LogP contribution in [0.4, 0.5) is 0 Å². The van der Waals surface area contributed by atoms with Crippen LogP contribution in [0.25, 0.3) is 0 Å². The summed E-state index contributed by atoms with van der Waals surface area (Å²) in [4.78, 5) is 38.9. The first-order chi connectivity index (χ1) is 13.4. The number of thioether (sulfide) groups is 1. The number of carbonyl (C=O) groups is 3. The lowest BCUT2D eigenvalue weighted by Crippen LogP contribution is -2.71. The van der Waals surface area contributed by atoms with E-state index >= 15 is 0 Å². The molecule has 2 N–H and O–H groups in total. The van der Waals surface area contributed by atoms with Gasteiger partial charge >= 0.3 is 5.97 Å². The topological polar surface area (TPSA) is 95.9 Å². The van der Waals surface area contributed by atoms with E-state index in [2.05, 4.69) is 5.32 Å².